The number of carboxylic acids is 1. The van der Waals surface area contributed by atoms with E-state index in [9.17, 15) is 9.90 Å². The second-order valence-corrected chi connectivity index (χ2v) is 7.34. The molecule has 2 aromatic carbocycles. The summed E-state index contributed by atoms with van der Waals surface area (Å²) in [5, 5.41) is 10.5. The van der Waals surface area contributed by atoms with Crippen LogP contribution in [0.3, 0.4) is 0 Å². The van der Waals surface area contributed by atoms with E-state index >= 15 is 0 Å². The van der Waals surface area contributed by atoms with Gasteiger partial charge in [-0.15, -0.1) is 0 Å². The molecule has 1 heterocycles. The van der Waals surface area contributed by atoms with Crippen molar-refractivity contribution in [2.75, 3.05) is 0 Å². The molecule has 124 valence electrons. The maximum atomic E-state index is 12.0. The average Bonchev–Trinajstić information content (AvgIpc) is 2.61. The highest BCUT2D eigenvalue weighted by Gasteiger charge is 2.24. The maximum absolute atomic E-state index is 12.0. The number of carbonyl (C=O) groups is 1. The minimum Gasteiger partial charge on any atom is -0.478 e. The summed E-state index contributed by atoms with van der Waals surface area (Å²) in [5.74, 6) is -0.870. The number of hydrogen-bond acceptors (Lipinski definition) is 2. The van der Waals surface area contributed by atoms with Gasteiger partial charge in [0.05, 0.1) is 16.8 Å². The van der Waals surface area contributed by atoms with Crippen LogP contribution in [0.5, 0.6) is 0 Å². The lowest BCUT2D eigenvalue weighted by molar-refractivity contribution is 0.0697. The number of carboxylic acid groups (broad SMARTS) is 1. The maximum Gasteiger partial charge on any atom is 0.336 e. The van der Waals surface area contributed by atoms with E-state index in [4.69, 9.17) is 4.98 Å². The topological polar surface area (TPSA) is 50.2 Å². The van der Waals surface area contributed by atoms with Crippen LogP contribution in [0.15, 0.2) is 48.5 Å². The molecule has 0 bridgehead atoms. The summed E-state index contributed by atoms with van der Waals surface area (Å²) >= 11 is 2.33. The van der Waals surface area contributed by atoms with Crippen LogP contribution in [0.25, 0.3) is 22.6 Å². The molecule has 1 aliphatic rings. The SMILES string of the molecule is O=C(O)c1c2c(nc3ccccc13)C(=Cc1ccccc1I)CCC2. The first-order valence-electron chi connectivity index (χ1n) is 8.25. The van der Waals surface area contributed by atoms with Crippen LogP contribution in [0, 0.1) is 3.57 Å². The van der Waals surface area contributed by atoms with Gasteiger partial charge in [0.15, 0.2) is 0 Å². The van der Waals surface area contributed by atoms with Crippen LogP contribution in [0.4, 0.5) is 0 Å². The van der Waals surface area contributed by atoms with Crippen molar-refractivity contribution >= 4 is 51.1 Å². The second-order valence-electron chi connectivity index (χ2n) is 6.18. The molecule has 0 unspecified atom stereocenters. The minimum absolute atomic E-state index is 0.411. The van der Waals surface area contributed by atoms with E-state index in [1.165, 1.54) is 3.57 Å². The zero-order chi connectivity index (χ0) is 17.4. The lowest BCUT2D eigenvalue weighted by Gasteiger charge is -2.21. The van der Waals surface area contributed by atoms with E-state index in [-0.39, 0.29) is 0 Å². The van der Waals surface area contributed by atoms with Crippen LogP contribution in [0.1, 0.15) is 40.0 Å². The number of para-hydroxylation sites is 1. The highest BCUT2D eigenvalue weighted by atomic mass is 127. The molecule has 0 atom stereocenters. The smallest absolute Gasteiger partial charge is 0.336 e. The number of pyridine rings is 1. The lowest BCUT2D eigenvalue weighted by Crippen LogP contribution is -2.13. The van der Waals surface area contributed by atoms with Crippen molar-refractivity contribution in [1.82, 2.24) is 4.98 Å². The minimum atomic E-state index is -0.870. The van der Waals surface area contributed by atoms with Gasteiger partial charge >= 0.3 is 5.97 Å². The number of aromatic carboxylic acids is 1. The standard InChI is InChI=1S/C21H16INO2/c22-17-10-3-1-6-13(17)12-14-7-5-9-16-19(21(24)25)15-8-2-4-11-18(15)23-20(14)16/h1-4,6,8,10-12H,5,7,9H2,(H,24,25). The van der Waals surface area contributed by atoms with Gasteiger partial charge in [-0.3, -0.25) is 0 Å². The molecule has 4 rings (SSSR count). The molecule has 25 heavy (non-hydrogen) atoms. The first-order chi connectivity index (χ1) is 12.1. The normalized spacial score (nSPS) is 15.3. The highest BCUT2D eigenvalue weighted by molar-refractivity contribution is 14.1. The van der Waals surface area contributed by atoms with Crippen molar-refractivity contribution in [3.63, 3.8) is 0 Å². The van der Waals surface area contributed by atoms with Gasteiger partial charge in [0.1, 0.15) is 0 Å². The van der Waals surface area contributed by atoms with E-state index < -0.39 is 5.97 Å². The van der Waals surface area contributed by atoms with Gasteiger partial charge in [-0.05, 0) is 76.8 Å². The van der Waals surface area contributed by atoms with Gasteiger partial charge in [-0.1, -0.05) is 36.4 Å². The van der Waals surface area contributed by atoms with Gasteiger partial charge in [-0.2, -0.15) is 0 Å². The number of allylic oxidation sites excluding steroid dienone is 1. The fraction of sp³-hybridized carbons (Fsp3) is 0.143. The Kier molecular flexibility index (Phi) is 4.29. The van der Waals surface area contributed by atoms with Crippen molar-refractivity contribution in [1.29, 1.82) is 0 Å². The van der Waals surface area contributed by atoms with E-state index in [1.807, 2.05) is 36.4 Å². The van der Waals surface area contributed by atoms with Gasteiger partial charge in [0.25, 0.3) is 0 Å². The molecule has 4 heteroatoms. The molecule has 0 aliphatic heterocycles. The summed E-state index contributed by atoms with van der Waals surface area (Å²) in [4.78, 5) is 16.8. The first-order valence-corrected chi connectivity index (χ1v) is 9.33. The predicted molar refractivity (Wildman–Crippen MR) is 109 cm³/mol. The van der Waals surface area contributed by atoms with Crippen LogP contribution < -0.4 is 0 Å². The Morgan fingerprint density at radius 3 is 2.64 bits per heavy atom. The zero-order valence-corrected chi connectivity index (χ0v) is 15.7. The molecule has 3 nitrogen and oxygen atoms in total. The first kappa shape index (κ1) is 16.3. The van der Waals surface area contributed by atoms with Crippen molar-refractivity contribution in [3.8, 4) is 0 Å². The molecular weight excluding hydrogens is 425 g/mol. The molecule has 0 radical (unpaired) electrons. The monoisotopic (exact) mass is 441 g/mol. The summed E-state index contributed by atoms with van der Waals surface area (Å²) in [6, 6.07) is 15.7. The molecule has 3 aromatic rings. The van der Waals surface area contributed by atoms with Crippen molar-refractivity contribution in [2.45, 2.75) is 19.3 Å². The fourth-order valence-corrected chi connectivity index (χ4v) is 4.04. The largest absolute Gasteiger partial charge is 0.478 e. The number of nitrogens with zero attached hydrogens (tertiary/aromatic N) is 1. The van der Waals surface area contributed by atoms with Gasteiger partial charge in [0.2, 0.25) is 0 Å². The molecular formula is C21H16INO2. The second kappa shape index (κ2) is 6.59. The van der Waals surface area contributed by atoms with E-state index in [2.05, 4.69) is 40.8 Å². The number of hydrogen-bond donors (Lipinski definition) is 1. The molecule has 0 amide bonds. The number of fused-ring (bicyclic) bond motifs is 2. The molecule has 1 aliphatic carbocycles. The van der Waals surface area contributed by atoms with E-state index in [0.717, 1.165) is 52.6 Å². The quantitative estimate of drug-likeness (QED) is 0.541. The summed E-state index contributed by atoms with van der Waals surface area (Å²) in [6.45, 7) is 0. The summed E-state index contributed by atoms with van der Waals surface area (Å²) in [6.07, 6.45) is 4.79. The molecule has 1 aromatic heterocycles. The molecule has 0 spiro atoms. The fourth-order valence-electron chi connectivity index (χ4n) is 3.50. The Balaban J connectivity index is 1.99. The summed E-state index contributed by atoms with van der Waals surface area (Å²) in [5.41, 5.74) is 5.15. The number of aromatic nitrogens is 1. The molecule has 1 N–H and O–H groups in total. The summed E-state index contributed by atoms with van der Waals surface area (Å²) in [7, 11) is 0. The van der Waals surface area contributed by atoms with Crippen LogP contribution in [0.2, 0.25) is 0 Å². The lowest BCUT2D eigenvalue weighted by atomic mass is 9.86. The van der Waals surface area contributed by atoms with E-state index in [0.29, 0.717) is 5.56 Å². The average molecular weight is 441 g/mol. The third kappa shape index (κ3) is 2.95. The Hall–Kier alpha value is -2.21. The highest BCUT2D eigenvalue weighted by Crippen LogP contribution is 2.36. The van der Waals surface area contributed by atoms with Crippen LogP contribution in [-0.2, 0) is 6.42 Å². The molecule has 0 saturated carbocycles. The third-order valence-corrected chi connectivity index (χ3v) is 5.60. The zero-order valence-electron chi connectivity index (χ0n) is 13.5. The number of benzene rings is 2. The van der Waals surface area contributed by atoms with Crippen molar-refractivity contribution in [2.24, 2.45) is 0 Å². The van der Waals surface area contributed by atoms with E-state index in [1.54, 1.807) is 0 Å². The van der Waals surface area contributed by atoms with Crippen molar-refractivity contribution in [3.05, 3.63) is 74.5 Å². The molecule has 0 saturated heterocycles. The summed E-state index contributed by atoms with van der Waals surface area (Å²) < 4.78 is 1.18. The molecule has 0 fully saturated rings. The van der Waals surface area contributed by atoms with Gasteiger partial charge in [-0.25, -0.2) is 9.78 Å². The Morgan fingerprint density at radius 1 is 1.08 bits per heavy atom. The van der Waals surface area contributed by atoms with Gasteiger partial charge < -0.3 is 5.11 Å². The Bertz CT molecular complexity index is 1020. The third-order valence-electron chi connectivity index (χ3n) is 4.62. The predicted octanol–water partition coefficient (Wildman–Crippen LogP) is 5.41. The van der Waals surface area contributed by atoms with Crippen molar-refractivity contribution < 1.29 is 9.90 Å². The van der Waals surface area contributed by atoms with Gasteiger partial charge in [0, 0.05) is 8.96 Å². The number of rotatable bonds is 2. The number of halogens is 1. The van der Waals surface area contributed by atoms with Crippen LogP contribution in [-0.4, -0.2) is 16.1 Å². The Labute approximate surface area is 159 Å². The Morgan fingerprint density at radius 2 is 1.84 bits per heavy atom. The van der Waals surface area contributed by atoms with Crippen LogP contribution >= 0.6 is 22.6 Å².